The Bertz CT molecular complexity index is 3930. The monoisotopic (exact) mass is 1490 g/mol. The highest BCUT2D eigenvalue weighted by atomic mass is 28.5. The summed E-state index contributed by atoms with van der Waals surface area (Å²) >= 11 is 0. The van der Waals surface area contributed by atoms with E-state index in [1.54, 1.807) is 39.3 Å². The fourth-order valence-electron chi connectivity index (χ4n) is 14.0. The number of nitrogens with zero attached hydrogens (tertiary/aromatic N) is 4. The van der Waals surface area contributed by atoms with Crippen LogP contribution in [0.25, 0.3) is 22.3 Å². The third kappa shape index (κ3) is 20.5. The molecule has 11 rings (SSSR count). The number of nitrogens with one attached hydrogen (secondary N) is 2. The molecule has 1 saturated heterocycles. The van der Waals surface area contributed by atoms with Gasteiger partial charge in [-0.15, -0.1) is 0 Å². The van der Waals surface area contributed by atoms with E-state index in [1.165, 1.54) is 25.6 Å². The second-order valence-electron chi connectivity index (χ2n) is 28.7. The van der Waals surface area contributed by atoms with E-state index in [4.69, 9.17) is 79.4 Å². The number of aromatic nitrogens is 4. The molecule has 3 heterocycles. The molecular weight excluding hydrogens is 1390 g/mol. The van der Waals surface area contributed by atoms with Crippen molar-refractivity contribution in [3.8, 4) is 22.6 Å². The molecule has 5 atom stereocenters. The zero-order chi connectivity index (χ0) is 74.7. The fraction of sp³-hybridized carbons (Fsp3) is 0.463. The molecule has 562 valence electrons. The quantitative estimate of drug-likeness (QED) is 0.0125. The van der Waals surface area contributed by atoms with Gasteiger partial charge in [-0.2, -0.15) is 0 Å². The van der Waals surface area contributed by atoms with Crippen LogP contribution >= 0.6 is 0 Å². The van der Waals surface area contributed by atoms with Crippen molar-refractivity contribution in [3.63, 3.8) is 0 Å². The van der Waals surface area contributed by atoms with E-state index >= 15 is 4.79 Å². The Morgan fingerprint density at radius 1 is 0.610 bits per heavy atom. The second kappa shape index (κ2) is 37.2. The maximum absolute atomic E-state index is 16.1. The van der Waals surface area contributed by atoms with Gasteiger partial charge in [0, 0.05) is 26.6 Å². The first-order valence-corrected chi connectivity index (χ1v) is 45.2. The Hall–Kier alpha value is -7.74. The summed E-state index contributed by atoms with van der Waals surface area (Å²) in [5, 5.41) is 4.45. The summed E-state index contributed by atoms with van der Waals surface area (Å²) in [6.45, 7) is 10.9. The molecule has 2 aromatic heterocycles. The number of hydrogen-bond donors (Lipinski definition) is 2. The van der Waals surface area contributed by atoms with Gasteiger partial charge < -0.3 is 75.1 Å². The molecule has 2 N–H and O–H groups in total. The van der Waals surface area contributed by atoms with Crippen molar-refractivity contribution in [1.82, 2.24) is 24.8 Å². The number of esters is 1. The number of benzene rings is 6. The maximum atomic E-state index is 16.1. The highest BCUT2D eigenvalue weighted by molar-refractivity contribution is 6.83. The molecule has 0 unspecified atom stereocenters. The highest BCUT2D eigenvalue weighted by Gasteiger charge is 2.57. The SMILES string of the molecule is [2H]N(C(=O)OCC1c2ccccc2-c2ccccc21)[C@@H](Cc1ccccc1)C(=O)O[C@H]1[C@@H](OC(OCCOC)OCCOC)[C@H](n2cnc3c(NC(c4ccccc4)(c4ccc(OC)cc4)c4ccc(OC)cc4)ncnc32)O[C@@H]1CO[Si](OC1CCCCCCCCCCC1)(O[Si](C)(C)C)O[Si](C)(C)C. The van der Waals surface area contributed by atoms with Crippen LogP contribution in [0.15, 0.2) is 170 Å². The molecule has 6 aromatic carbocycles. The predicted octanol–water partition coefficient (Wildman–Crippen LogP) is 15.0. The van der Waals surface area contributed by atoms with Gasteiger partial charge >= 0.3 is 21.1 Å². The molecule has 3 aliphatic rings. The Morgan fingerprint density at radius 3 is 1.68 bits per heavy atom. The van der Waals surface area contributed by atoms with Gasteiger partial charge in [-0.25, -0.2) is 24.5 Å². The molecule has 2 fully saturated rings. The van der Waals surface area contributed by atoms with Crippen molar-refractivity contribution in [1.29, 1.82) is 0 Å². The Labute approximate surface area is 622 Å². The number of methoxy groups -OCH3 is 4. The largest absolute Gasteiger partial charge is 0.658 e. The first-order valence-electron chi connectivity index (χ1n) is 37.2. The number of hydrogen-bond acceptors (Lipinski definition) is 20. The topological polar surface area (TPSA) is 231 Å². The number of carbonyl (C=O) groups excluding carboxylic acids is 2. The van der Waals surface area contributed by atoms with E-state index in [0.717, 1.165) is 90.3 Å². The maximum Gasteiger partial charge on any atom is 0.658 e. The summed E-state index contributed by atoms with van der Waals surface area (Å²) in [7, 11) is -3.20. The van der Waals surface area contributed by atoms with Gasteiger partial charge in [-0.1, -0.05) is 191 Å². The first-order chi connectivity index (χ1) is 51.3. The lowest BCUT2D eigenvalue weighted by Gasteiger charge is -2.40. The van der Waals surface area contributed by atoms with Crippen LogP contribution in [0.2, 0.25) is 40.7 Å². The van der Waals surface area contributed by atoms with Crippen molar-refractivity contribution < 1.29 is 75.5 Å². The Balaban J connectivity index is 1.04. The van der Waals surface area contributed by atoms with Crippen molar-refractivity contribution >= 4 is 54.7 Å². The van der Waals surface area contributed by atoms with E-state index in [1.807, 2.05) is 158 Å². The lowest BCUT2D eigenvalue weighted by molar-refractivity contribution is -0.321. The third-order valence-corrected chi connectivity index (χ3v) is 26.9. The van der Waals surface area contributed by atoms with E-state index in [2.05, 4.69) is 44.6 Å². The first kappa shape index (κ1) is 76.9. The van der Waals surface area contributed by atoms with E-state index in [0.29, 0.717) is 33.7 Å². The van der Waals surface area contributed by atoms with Crippen molar-refractivity contribution in [2.45, 2.75) is 171 Å². The standard InChI is InChI=1S/C80H104N6O16Si3/c1-89-48-50-93-79(94-51-49-90-2)99-73-72(98-77(87)69(52-57-30-20-18-21-31-57)84-78(88)95-53-68-66-38-28-26-36-64(66)65-37-27-29-39-67(65)68)70(54-96-105(101-103(5,6)7,102-104(8,9)10)100-63-34-24-16-14-12-11-13-15-17-25-35-63)97-76(73)86-56-83-71-74(81-55-82-75(71)86)85-80(58-32-22-19-23-33-58,59-40-44-61(91-3)45-41-59)60-42-46-62(92-4)47-43-60/h18-23,26-33,36-47,55-56,63,68-70,72-73,76,79H,11-17,24-25,34-35,48-54H2,1-10H3,(H,84,88)(H,81,82,85)/t69-,70+,72+,73+,76+/m0/s1/i/hD. The number of amides is 1. The van der Waals surface area contributed by atoms with Crippen molar-refractivity contribution in [2.75, 3.05) is 73.4 Å². The molecule has 1 amide bonds. The summed E-state index contributed by atoms with van der Waals surface area (Å²) in [6.07, 6.45) is 7.60. The van der Waals surface area contributed by atoms with Crippen molar-refractivity contribution in [3.05, 3.63) is 204 Å². The molecule has 0 radical (unpaired) electrons. The number of fused-ring (bicyclic) bond motifs is 4. The molecule has 2 aliphatic carbocycles. The lowest BCUT2D eigenvalue weighted by Crippen LogP contribution is -2.61. The number of carbonyl (C=O) groups is 2. The minimum Gasteiger partial charge on any atom is -0.497 e. The molecule has 25 heteroatoms. The number of alkyl carbamates (subject to hydrolysis) is 1. The van der Waals surface area contributed by atoms with Gasteiger partial charge in [0.1, 0.15) is 48.2 Å². The van der Waals surface area contributed by atoms with E-state index in [-0.39, 0.29) is 63.7 Å². The van der Waals surface area contributed by atoms with Gasteiger partial charge in [0.2, 0.25) is 0 Å². The van der Waals surface area contributed by atoms with Crippen LogP contribution in [-0.2, 0) is 71.7 Å². The highest BCUT2D eigenvalue weighted by Crippen LogP contribution is 2.46. The summed E-state index contributed by atoms with van der Waals surface area (Å²) in [5.41, 5.74) is 6.65. The summed E-state index contributed by atoms with van der Waals surface area (Å²) in [4.78, 5) is 45.9. The van der Waals surface area contributed by atoms with Crippen molar-refractivity contribution in [2.24, 2.45) is 0 Å². The molecule has 0 spiro atoms. The molecule has 1 saturated carbocycles. The van der Waals surface area contributed by atoms with Crippen LogP contribution < -0.4 is 20.1 Å². The van der Waals surface area contributed by atoms with E-state index < -0.39 is 80.3 Å². The van der Waals surface area contributed by atoms with Crippen LogP contribution in [0.1, 0.15) is 116 Å². The molecule has 105 heavy (non-hydrogen) atoms. The van der Waals surface area contributed by atoms with Gasteiger partial charge in [-0.05, 0) is 121 Å². The van der Waals surface area contributed by atoms with Crippen LogP contribution in [0, 0.1) is 0 Å². The zero-order valence-corrected chi connectivity index (χ0v) is 65.3. The van der Waals surface area contributed by atoms with Gasteiger partial charge in [-0.3, -0.25) is 4.57 Å². The number of rotatable bonds is 34. The summed E-state index contributed by atoms with van der Waals surface area (Å²) in [5.74, 6) is 0.341. The van der Waals surface area contributed by atoms with Gasteiger partial charge in [0.15, 0.2) is 47.4 Å². The Kier molecular flexibility index (Phi) is 27.2. The van der Waals surface area contributed by atoms with Gasteiger partial charge in [0.25, 0.3) is 6.48 Å². The third-order valence-electron chi connectivity index (χ3n) is 18.9. The summed E-state index contributed by atoms with van der Waals surface area (Å²) in [6, 6.07) is 49.2. The number of imidazole rings is 1. The molecule has 22 nitrogen and oxygen atoms in total. The minimum atomic E-state index is -4.28. The fourth-order valence-corrected chi connectivity index (χ4v) is 22.5. The predicted molar refractivity (Wildman–Crippen MR) is 408 cm³/mol. The van der Waals surface area contributed by atoms with E-state index in [9.17, 15) is 6.21 Å². The number of anilines is 1. The molecule has 8 aromatic rings. The second-order valence-corrected chi connectivity index (χ2v) is 40.3. The van der Waals surface area contributed by atoms with Crippen LogP contribution in [0.4, 0.5) is 10.6 Å². The van der Waals surface area contributed by atoms with Crippen LogP contribution in [0.3, 0.4) is 0 Å². The number of ether oxygens (including phenoxy) is 10. The van der Waals surface area contributed by atoms with Crippen LogP contribution in [0.5, 0.6) is 11.5 Å². The van der Waals surface area contributed by atoms with Gasteiger partial charge in [0.05, 0.1) is 59.7 Å². The molecule has 0 bridgehead atoms. The smallest absolute Gasteiger partial charge is 0.497 e. The average molecular weight is 1490 g/mol. The lowest BCUT2D eigenvalue weighted by atomic mass is 9.77. The minimum absolute atomic E-state index is 0.00693. The summed E-state index contributed by atoms with van der Waals surface area (Å²) < 4.78 is 104. The molecule has 1 aliphatic heterocycles. The van der Waals surface area contributed by atoms with Crippen LogP contribution in [-0.4, -0.2) is 162 Å². The molecular formula is C80H104N6O16Si3. The normalized spacial score (nSPS) is 18.3. The average Bonchev–Trinajstić information content (AvgIpc) is 0.899. The zero-order valence-electron chi connectivity index (χ0n) is 63.3. The Morgan fingerprint density at radius 2 is 1.13 bits per heavy atom.